The molecule has 0 fully saturated rings. The number of benzene rings is 4. The van der Waals surface area contributed by atoms with Gasteiger partial charge < -0.3 is 21.3 Å². The lowest BCUT2D eigenvalue weighted by Crippen LogP contribution is -2.04. The lowest BCUT2D eigenvalue weighted by molar-refractivity contribution is 1.40. The molecule has 5 aliphatic heterocycles. The molecular weight excluding hydrogens is 689 g/mol. The highest BCUT2D eigenvalue weighted by molar-refractivity contribution is 6.39. The molecule has 8 bridgehead atoms. The third-order valence-corrected chi connectivity index (χ3v) is 10.4. The molecule has 0 amide bonds. The van der Waals surface area contributed by atoms with Crippen LogP contribution in [-0.2, 0) is 0 Å². The maximum absolute atomic E-state index is 5.41. The van der Waals surface area contributed by atoms with E-state index in [4.69, 9.17) is 20.0 Å². The van der Waals surface area contributed by atoms with Gasteiger partial charge in [0.05, 0.1) is 45.6 Å². The molecule has 0 atom stereocenters. The van der Waals surface area contributed by atoms with E-state index in [-0.39, 0.29) is 0 Å². The first-order valence-corrected chi connectivity index (χ1v) is 18.7. The van der Waals surface area contributed by atoms with Gasteiger partial charge in [-0.3, -0.25) is 0 Å². The van der Waals surface area contributed by atoms with E-state index in [1.807, 2.05) is 28.2 Å². The van der Waals surface area contributed by atoms with Crippen molar-refractivity contribution in [3.63, 3.8) is 0 Å². The van der Waals surface area contributed by atoms with Crippen molar-refractivity contribution >= 4 is 67.9 Å². The number of nitrogens with one attached hydrogen (secondary N) is 4. The Morgan fingerprint density at radius 1 is 0.304 bits per heavy atom. The summed E-state index contributed by atoms with van der Waals surface area (Å²) in [6.45, 7) is 0. The van der Waals surface area contributed by atoms with Gasteiger partial charge in [0.2, 0.25) is 0 Å². The molecule has 0 aromatic heterocycles. The van der Waals surface area contributed by atoms with Crippen molar-refractivity contribution < 1.29 is 0 Å². The lowest BCUT2D eigenvalue weighted by atomic mass is 9.98. The zero-order chi connectivity index (χ0) is 38.2. The largest absolute Gasteiger partial charge is 0.388 e. The fourth-order valence-electron chi connectivity index (χ4n) is 7.59. The van der Waals surface area contributed by atoms with Gasteiger partial charge in [-0.2, -0.15) is 0 Å². The number of anilines is 4. The lowest BCUT2D eigenvalue weighted by Gasteiger charge is -2.14. The van der Waals surface area contributed by atoms with Crippen LogP contribution in [0.4, 0.5) is 22.7 Å². The van der Waals surface area contributed by atoms with E-state index in [0.717, 1.165) is 113 Å². The molecule has 5 heterocycles. The second-order valence-electron chi connectivity index (χ2n) is 13.7. The molecule has 5 aliphatic rings. The molecule has 4 N–H and O–H groups in total. The van der Waals surface area contributed by atoms with E-state index in [1.165, 1.54) is 0 Å². The van der Waals surface area contributed by atoms with Crippen LogP contribution >= 0.6 is 0 Å². The van der Waals surface area contributed by atoms with Crippen LogP contribution in [-0.4, -0.2) is 51.0 Å². The number of rotatable bonds is 8. The van der Waals surface area contributed by atoms with Crippen LogP contribution in [0.5, 0.6) is 0 Å². The van der Waals surface area contributed by atoms with E-state index < -0.39 is 0 Å². The molecule has 0 saturated heterocycles. The zero-order valence-electron chi connectivity index (χ0n) is 31.6. The van der Waals surface area contributed by atoms with Gasteiger partial charge in [0, 0.05) is 73.2 Å². The minimum absolute atomic E-state index is 0.822. The molecule has 0 unspecified atom stereocenters. The van der Waals surface area contributed by atoms with Gasteiger partial charge in [0.1, 0.15) is 0 Å². The van der Waals surface area contributed by atoms with Gasteiger partial charge >= 0.3 is 0 Å². The average Bonchev–Trinajstić information content (AvgIpc) is 4.09. The van der Waals surface area contributed by atoms with Gasteiger partial charge in [-0.25, -0.2) is 20.0 Å². The maximum Gasteiger partial charge on any atom is 0.0738 e. The Balaban J connectivity index is 1.37. The van der Waals surface area contributed by atoms with Gasteiger partial charge in [-0.1, -0.05) is 48.5 Å². The van der Waals surface area contributed by atoms with Crippen molar-refractivity contribution in [3.8, 4) is 0 Å². The summed E-state index contributed by atoms with van der Waals surface area (Å²) in [6, 6.07) is 33.6. The first-order valence-electron chi connectivity index (χ1n) is 18.7. The summed E-state index contributed by atoms with van der Waals surface area (Å²) >= 11 is 0. The van der Waals surface area contributed by atoms with Crippen LogP contribution in [0.15, 0.2) is 188 Å². The highest BCUT2D eigenvalue weighted by atomic mass is 14.9. The summed E-state index contributed by atoms with van der Waals surface area (Å²) < 4.78 is 0. The molecule has 0 aliphatic carbocycles. The summed E-state index contributed by atoms with van der Waals surface area (Å²) in [4.78, 5) is 21.6. The van der Waals surface area contributed by atoms with Crippen LogP contribution in [0.2, 0.25) is 0 Å². The van der Waals surface area contributed by atoms with Crippen LogP contribution in [0.25, 0.3) is 22.3 Å². The molecule has 8 nitrogen and oxygen atoms in total. The van der Waals surface area contributed by atoms with Gasteiger partial charge in [0.25, 0.3) is 0 Å². The van der Waals surface area contributed by atoms with Crippen molar-refractivity contribution in [2.75, 3.05) is 49.5 Å². The molecule has 8 heteroatoms. The number of fused-ring (bicyclic) bond motifs is 4. The minimum Gasteiger partial charge on any atom is -0.388 e. The fraction of sp³-hybridized carbons (Fsp3) is 0.0833. The topological polar surface area (TPSA) is 97.6 Å². The molecule has 0 saturated carbocycles. The Morgan fingerprint density at radius 2 is 0.536 bits per heavy atom. The van der Waals surface area contributed by atoms with Crippen molar-refractivity contribution in [2.24, 2.45) is 20.0 Å². The van der Waals surface area contributed by atoms with Crippen LogP contribution in [0, 0.1) is 0 Å². The summed E-state index contributed by atoms with van der Waals surface area (Å²) in [6.07, 6.45) is 16.8. The second kappa shape index (κ2) is 14.5. The molecule has 0 radical (unpaired) electrons. The van der Waals surface area contributed by atoms with E-state index in [1.54, 1.807) is 0 Å². The normalized spacial score (nSPS) is 16.8. The number of hydrogen-bond acceptors (Lipinski definition) is 8. The first-order chi connectivity index (χ1) is 27.5. The van der Waals surface area contributed by atoms with Gasteiger partial charge in [-0.15, -0.1) is 0 Å². The smallest absolute Gasteiger partial charge is 0.0738 e. The summed E-state index contributed by atoms with van der Waals surface area (Å²) in [7, 11) is 7.74. The summed E-state index contributed by atoms with van der Waals surface area (Å²) in [5.41, 5.74) is 18.4. The number of nitrogens with zero attached hydrogens (tertiary/aromatic N) is 4. The van der Waals surface area contributed by atoms with Gasteiger partial charge in [0.15, 0.2) is 0 Å². The Hall–Kier alpha value is -7.32. The monoisotopic (exact) mass is 728 g/mol. The highest BCUT2D eigenvalue weighted by Gasteiger charge is 2.28. The highest BCUT2D eigenvalue weighted by Crippen LogP contribution is 2.39. The van der Waals surface area contributed by atoms with Crippen molar-refractivity contribution in [2.45, 2.75) is 0 Å². The van der Waals surface area contributed by atoms with E-state index in [2.05, 4.69) is 167 Å². The molecule has 56 heavy (non-hydrogen) atoms. The van der Waals surface area contributed by atoms with E-state index in [9.17, 15) is 0 Å². The Labute approximate surface area is 327 Å². The third kappa shape index (κ3) is 6.27. The predicted molar refractivity (Wildman–Crippen MR) is 238 cm³/mol. The van der Waals surface area contributed by atoms with Crippen molar-refractivity contribution in [1.82, 2.24) is 0 Å². The molecule has 9 rings (SSSR count). The Morgan fingerprint density at radius 3 is 0.750 bits per heavy atom. The molecule has 4 aromatic rings. The van der Waals surface area contributed by atoms with Crippen LogP contribution in [0.1, 0.15) is 22.3 Å². The zero-order valence-corrected chi connectivity index (χ0v) is 31.6. The van der Waals surface area contributed by atoms with E-state index >= 15 is 0 Å². The quantitative estimate of drug-likeness (QED) is 0.145. The predicted octanol–water partition coefficient (Wildman–Crippen LogP) is 9.86. The Bertz CT molecular complexity index is 2350. The SMILES string of the molecule is CNc1cccc(C2=C3C=CC(=N3)C(c3cccc(NC)c3)=C3C=CC(=N3)C(c3cccc(NC)c3)=C3C=CC(=N3)C(c3cccc(NC)c3)=C3C=CC2=N3)c1. The van der Waals surface area contributed by atoms with Gasteiger partial charge in [-0.05, 0) is 119 Å². The van der Waals surface area contributed by atoms with Crippen molar-refractivity contribution in [3.05, 3.63) is 191 Å². The van der Waals surface area contributed by atoms with E-state index in [0.29, 0.717) is 0 Å². The second-order valence-corrected chi connectivity index (χ2v) is 13.7. The minimum atomic E-state index is 0.822. The molecular formula is C48H40N8. The molecule has 4 aromatic carbocycles. The third-order valence-electron chi connectivity index (χ3n) is 10.4. The first kappa shape index (κ1) is 34.4. The van der Waals surface area contributed by atoms with Crippen molar-refractivity contribution in [1.29, 1.82) is 0 Å². The molecule has 0 spiro atoms. The number of aliphatic imine (C=N–C) groups is 4. The summed E-state index contributed by atoms with van der Waals surface area (Å²) in [5, 5.41) is 13.2. The maximum atomic E-state index is 5.41. The number of hydrogen-bond donors (Lipinski definition) is 4. The molecule has 272 valence electrons. The average molecular weight is 729 g/mol. The number of allylic oxidation sites excluding steroid dienone is 12. The summed E-state index contributed by atoms with van der Waals surface area (Å²) in [5.74, 6) is 0. The van der Waals surface area contributed by atoms with Crippen LogP contribution in [0.3, 0.4) is 0 Å². The Kier molecular flexibility index (Phi) is 8.91. The fourth-order valence-corrected chi connectivity index (χ4v) is 7.59. The standard InChI is InChI=1S/C48H40N8/c1-49-33-13-5-9-29(25-33)45-37-17-19-39(53-37)46(30-10-6-14-34(26-30)50-2)41-21-23-43(55-41)48(32-12-8-16-36(28-32)52-4)44-24-22-42(56-44)47(40-20-18-38(45)54-40)31-11-7-15-35(27-31)51-3/h5-28,49-52H,1-4H3. The van der Waals surface area contributed by atoms with Crippen LogP contribution < -0.4 is 21.3 Å².